The molecule has 15 heavy (non-hydrogen) atoms. The van der Waals surface area contributed by atoms with E-state index in [0.29, 0.717) is 6.42 Å². The maximum absolute atomic E-state index is 13.5. The summed E-state index contributed by atoms with van der Waals surface area (Å²) < 4.78 is 26.4. The summed E-state index contributed by atoms with van der Waals surface area (Å²) in [5.74, 6) is -1.68. The van der Waals surface area contributed by atoms with Crippen molar-refractivity contribution in [2.75, 3.05) is 20.7 Å². The second kappa shape index (κ2) is 5.19. The van der Waals surface area contributed by atoms with Gasteiger partial charge in [-0.2, -0.15) is 0 Å². The molecule has 4 heteroatoms. The van der Waals surface area contributed by atoms with Gasteiger partial charge in [0.2, 0.25) is 0 Å². The first-order valence-electron chi connectivity index (χ1n) is 4.79. The SMILES string of the molecule is CN(C)C(CCO)c1cccc(F)c1F. The molecule has 0 radical (unpaired) electrons. The number of aliphatic hydroxyl groups excluding tert-OH is 1. The standard InChI is InChI=1S/C11H15F2NO/c1-14(2)10(6-7-15)8-4-3-5-9(12)11(8)13/h3-5,10,15H,6-7H2,1-2H3. The Hall–Kier alpha value is -1.00. The lowest BCUT2D eigenvalue weighted by atomic mass is 10.0. The van der Waals surface area contributed by atoms with Crippen molar-refractivity contribution in [1.82, 2.24) is 4.90 Å². The molecule has 1 unspecified atom stereocenters. The van der Waals surface area contributed by atoms with Crippen molar-refractivity contribution in [3.05, 3.63) is 35.4 Å². The Morgan fingerprint density at radius 1 is 1.33 bits per heavy atom. The van der Waals surface area contributed by atoms with Gasteiger partial charge < -0.3 is 10.0 Å². The van der Waals surface area contributed by atoms with Crippen LogP contribution in [-0.4, -0.2) is 30.7 Å². The van der Waals surface area contributed by atoms with Crippen molar-refractivity contribution in [3.8, 4) is 0 Å². The zero-order chi connectivity index (χ0) is 11.4. The van der Waals surface area contributed by atoms with Gasteiger partial charge in [-0.15, -0.1) is 0 Å². The second-order valence-corrected chi connectivity index (χ2v) is 3.63. The number of nitrogens with zero attached hydrogens (tertiary/aromatic N) is 1. The van der Waals surface area contributed by atoms with E-state index in [1.165, 1.54) is 6.07 Å². The fourth-order valence-corrected chi connectivity index (χ4v) is 1.59. The van der Waals surface area contributed by atoms with E-state index in [4.69, 9.17) is 5.11 Å². The third-order valence-electron chi connectivity index (χ3n) is 2.37. The monoisotopic (exact) mass is 215 g/mol. The lowest BCUT2D eigenvalue weighted by Crippen LogP contribution is -2.22. The summed E-state index contributed by atoms with van der Waals surface area (Å²) in [4.78, 5) is 1.76. The van der Waals surface area contributed by atoms with E-state index in [1.54, 1.807) is 25.1 Å². The lowest BCUT2D eigenvalue weighted by molar-refractivity contribution is 0.206. The fourth-order valence-electron chi connectivity index (χ4n) is 1.59. The molecule has 0 fully saturated rings. The Morgan fingerprint density at radius 3 is 2.53 bits per heavy atom. The maximum atomic E-state index is 13.5. The van der Waals surface area contributed by atoms with Crippen LogP contribution in [0.2, 0.25) is 0 Å². The molecule has 84 valence electrons. The van der Waals surface area contributed by atoms with Gasteiger partial charge in [-0.05, 0) is 26.6 Å². The van der Waals surface area contributed by atoms with Gasteiger partial charge in [-0.1, -0.05) is 12.1 Å². The predicted octanol–water partition coefficient (Wildman–Crippen LogP) is 1.95. The van der Waals surface area contributed by atoms with Crippen LogP contribution in [0, 0.1) is 11.6 Å². The van der Waals surface area contributed by atoms with Crippen LogP contribution in [-0.2, 0) is 0 Å². The third-order valence-corrected chi connectivity index (χ3v) is 2.37. The average Bonchev–Trinajstić information content (AvgIpc) is 2.19. The van der Waals surface area contributed by atoms with Crippen molar-refractivity contribution in [2.45, 2.75) is 12.5 Å². The number of rotatable bonds is 4. The zero-order valence-corrected chi connectivity index (χ0v) is 8.87. The highest BCUT2D eigenvalue weighted by molar-refractivity contribution is 5.22. The molecule has 1 rings (SSSR count). The van der Waals surface area contributed by atoms with E-state index in [0.717, 1.165) is 6.07 Å². The van der Waals surface area contributed by atoms with E-state index >= 15 is 0 Å². The largest absolute Gasteiger partial charge is 0.396 e. The van der Waals surface area contributed by atoms with Gasteiger partial charge in [-0.3, -0.25) is 0 Å². The highest BCUT2D eigenvalue weighted by Gasteiger charge is 2.19. The molecule has 1 atom stereocenters. The molecule has 0 saturated heterocycles. The van der Waals surface area contributed by atoms with Gasteiger partial charge in [0.15, 0.2) is 11.6 Å². The molecule has 0 aliphatic carbocycles. The van der Waals surface area contributed by atoms with Crippen LogP contribution in [0.4, 0.5) is 8.78 Å². The number of hydrogen-bond donors (Lipinski definition) is 1. The molecule has 0 amide bonds. The molecule has 1 aromatic carbocycles. The summed E-state index contributed by atoms with van der Waals surface area (Å²) in [6.07, 6.45) is 0.382. The van der Waals surface area contributed by atoms with Crippen molar-refractivity contribution in [2.24, 2.45) is 0 Å². The van der Waals surface area contributed by atoms with E-state index in [9.17, 15) is 8.78 Å². The highest BCUT2D eigenvalue weighted by atomic mass is 19.2. The molecule has 0 spiro atoms. The molecule has 0 heterocycles. The van der Waals surface area contributed by atoms with Crippen LogP contribution in [0.1, 0.15) is 18.0 Å². The molecule has 0 aliphatic rings. The molecular formula is C11H15F2NO. The number of halogens is 2. The van der Waals surface area contributed by atoms with Crippen molar-refractivity contribution in [1.29, 1.82) is 0 Å². The molecule has 0 aliphatic heterocycles. The molecule has 1 aromatic rings. The van der Waals surface area contributed by atoms with Crippen LogP contribution in [0.15, 0.2) is 18.2 Å². The van der Waals surface area contributed by atoms with Gasteiger partial charge in [0, 0.05) is 18.2 Å². The van der Waals surface area contributed by atoms with E-state index in [1.807, 2.05) is 0 Å². The van der Waals surface area contributed by atoms with Crippen LogP contribution < -0.4 is 0 Å². The van der Waals surface area contributed by atoms with Gasteiger partial charge in [0.1, 0.15) is 0 Å². The minimum absolute atomic E-state index is 0.0567. The Labute approximate surface area is 88.1 Å². The normalized spacial score (nSPS) is 13.2. The van der Waals surface area contributed by atoms with Crippen molar-refractivity contribution in [3.63, 3.8) is 0 Å². The zero-order valence-electron chi connectivity index (χ0n) is 8.87. The number of benzene rings is 1. The summed E-state index contributed by atoms with van der Waals surface area (Å²) >= 11 is 0. The molecule has 2 nitrogen and oxygen atoms in total. The summed E-state index contributed by atoms with van der Waals surface area (Å²) in [5.41, 5.74) is 0.286. The van der Waals surface area contributed by atoms with Crippen LogP contribution >= 0.6 is 0 Å². The van der Waals surface area contributed by atoms with E-state index in [-0.39, 0.29) is 18.2 Å². The Kier molecular flexibility index (Phi) is 4.17. The van der Waals surface area contributed by atoms with Crippen molar-refractivity contribution < 1.29 is 13.9 Å². The Morgan fingerprint density at radius 2 is 2.00 bits per heavy atom. The first-order valence-corrected chi connectivity index (χ1v) is 4.79. The van der Waals surface area contributed by atoms with Crippen LogP contribution in [0.5, 0.6) is 0 Å². The Balaban J connectivity index is 3.05. The molecule has 0 saturated carbocycles. The highest BCUT2D eigenvalue weighted by Crippen LogP contribution is 2.25. The van der Waals surface area contributed by atoms with Gasteiger partial charge in [0.25, 0.3) is 0 Å². The van der Waals surface area contributed by atoms with Crippen LogP contribution in [0.25, 0.3) is 0 Å². The molecular weight excluding hydrogens is 200 g/mol. The number of aliphatic hydroxyl groups is 1. The van der Waals surface area contributed by atoms with Gasteiger partial charge in [-0.25, -0.2) is 8.78 Å². The minimum Gasteiger partial charge on any atom is -0.396 e. The van der Waals surface area contributed by atoms with Gasteiger partial charge in [0.05, 0.1) is 0 Å². The summed E-state index contributed by atoms with van der Waals surface area (Å²) in [5, 5.41) is 8.86. The first-order chi connectivity index (χ1) is 7.07. The van der Waals surface area contributed by atoms with Gasteiger partial charge >= 0.3 is 0 Å². The van der Waals surface area contributed by atoms with E-state index in [2.05, 4.69) is 0 Å². The first kappa shape index (κ1) is 12.1. The van der Waals surface area contributed by atoms with Crippen LogP contribution in [0.3, 0.4) is 0 Å². The maximum Gasteiger partial charge on any atom is 0.163 e. The fraction of sp³-hybridized carbons (Fsp3) is 0.455. The van der Waals surface area contributed by atoms with E-state index < -0.39 is 11.6 Å². The van der Waals surface area contributed by atoms with Crippen molar-refractivity contribution >= 4 is 0 Å². The quantitative estimate of drug-likeness (QED) is 0.829. The smallest absolute Gasteiger partial charge is 0.163 e. The summed E-state index contributed by atoms with van der Waals surface area (Å²) in [6, 6.07) is 3.80. The molecule has 0 aromatic heterocycles. The topological polar surface area (TPSA) is 23.5 Å². The second-order valence-electron chi connectivity index (χ2n) is 3.63. The lowest BCUT2D eigenvalue weighted by Gasteiger charge is -2.24. The minimum atomic E-state index is -0.850. The molecule has 1 N–H and O–H groups in total. The summed E-state index contributed by atoms with van der Waals surface area (Å²) in [7, 11) is 3.54. The predicted molar refractivity (Wildman–Crippen MR) is 54.5 cm³/mol. The third kappa shape index (κ3) is 2.73. The number of hydrogen-bond acceptors (Lipinski definition) is 2. The summed E-state index contributed by atoms with van der Waals surface area (Å²) in [6.45, 7) is -0.0567. The average molecular weight is 215 g/mol. The Bertz CT molecular complexity index is 328. The molecule has 0 bridgehead atoms.